The molecule has 0 aliphatic carbocycles. The summed E-state index contributed by atoms with van der Waals surface area (Å²) in [6, 6.07) is 5.82. The average molecular weight is 391 g/mol. The predicted molar refractivity (Wildman–Crippen MR) is 82.1 cm³/mol. The van der Waals surface area contributed by atoms with Crippen LogP contribution in [-0.2, 0) is 6.42 Å². The molecular formula is C13H13Br2NOS. The van der Waals surface area contributed by atoms with Crippen LogP contribution < -0.4 is 0 Å². The summed E-state index contributed by atoms with van der Waals surface area (Å²) in [4.78, 5) is 5.67. The Labute approximate surface area is 127 Å². The molecule has 0 bridgehead atoms. The highest BCUT2D eigenvalue weighted by molar-refractivity contribution is 9.11. The minimum absolute atomic E-state index is 0.524. The van der Waals surface area contributed by atoms with Gasteiger partial charge in [0, 0.05) is 20.2 Å². The Morgan fingerprint density at radius 2 is 1.83 bits per heavy atom. The van der Waals surface area contributed by atoms with Crippen LogP contribution in [0, 0.1) is 13.8 Å². The average Bonchev–Trinajstić information content (AvgIpc) is 2.56. The molecular weight excluding hydrogens is 378 g/mol. The Morgan fingerprint density at radius 3 is 2.33 bits per heavy atom. The maximum absolute atomic E-state index is 10.2. The van der Waals surface area contributed by atoms with Gasteiger partial charge in [-0.15, -0.1) is 11.3 Å². The number of aromatic nitrogens is 1. The molecule has 0 amide bonds. The molecule has 0 aliphatic rings. The lowest BCUT2D eigenvalue weighted by Crippen LogP contribution is -2.01. The van der Waals surface area contributed by atoms with Gasteiger partial charge in [0.25, 0.3) is 0 Å². The maximum atomic E-state index is 10.2. The first-order valence-corrected chi connectivity index (χ1v) is 7.93. The zero-order valence-corrected chi connectivity index (χ0v) is 14.1. The van der Waals surface area contributed by atoms with Gasteiger partial charge in [-0.25, -0.2) is 4.98 Å². The summed E-state index contributed by atoms with van der Waals surface area (Å²) in [5, 5.41) is 11.2. The minimum Gasteiger partial charge on any atom is -0.388 e. The number of hydrogen-bond donors (Lipinski definition) is 1. The quantitative estimate of drug-likeness (QED) is 0.833. The number of benzene rings is 1. The number of aryl methyl sites for hydroxylation is 2. The van der Waals surface area contributed by atoms with Crippen molar-refractivity contribution in [3.63, 3.8) is 0 Å². The summed E-state index contributed by atoms with van der Waals surface area (Å²) in [5.74, 6) is 0. The van der Waals surface area contributed by atoms with Crippen molar-refractivity contribution in [2.24, 2.45) is 0 Å². The van der Waals surface area contributed by atoms with E-state index in [1.165, 1.54) is 4.88 Å². The molecule has 1 N–H and O–H groups in total. The fraction of sp³-hybridized carbons (Fsp3) is 0.308. The Balaban J connectivity index is 2.18. The second-order valence-corrected chi connectivity index (χ2v) is 7.29. The van der Waals surface area contributed by atoms with Crippen LogP contribution in [-0.4, -0.2) is 10.1 Å². The van der Waals surface area contributed by atoms with Gasteiger partial charge in [0.2, 0.25) is 0 Å². The fourth-order valence-electron chi connectivity index (χ4n) is 1.68. The summed E-state index contributed by atoms with van der Waals surface area (Å²) in [7, 11) is 0. The molecule has 0 saturated heterocycles. The summed E-state index contributed by atoms with van der Waals surface area (Å²) in [5.41, 5.74) is 1.94. The highest BCUT2D eigenvalue weighted by Crippen LogP contribution is 2.27. The first kappa shape index (κ1) is 14.2. The van der Waals surface area contributed by atoms with E-state index in [1.54, 1.807) is 11.3 Å². The van der Waals surface area contributed by atoms with Crippen LogP contribution >= 0.6 is 43.2 Å². The molecule has 5 heteroatoms. The van der Waals surface area contributed by atoms with Crippen molar-refractivity contribution in [1.29, 1.82) is 0 Å². The van der Waals surface area contributed by atoms with E-state index < -0.39 is 6.10 Å². The summed E-state index contributed by atoms with van der Waals surface area (Å²) < 4.78 is 1.91. The lowest BCUT2D eigenvalue weighted by Gasteiger charge is -2.10. The lowest BCUT2D eigenvalue weighted by atomic mass is 10.1. The van der Waals surface area contributed by atoms with Crippen molar-refractivity contribution in [1.82, 2.24) is 4.98 Å². The van der Waals surface area contributed by atoms with E-state index in [9.17, 15) is 5.11 Å². The van der Waals surface area contributed by atoms with Gasteiger partial charge in [-0.3, -0.25) is 0 Å². The first-order chi connectivity index (χ1) is 8.45. The van der Waals surface area contributed by atoms with Gasteiger partial charge >= 0.3 is 0 Å². The van der Waals surface area contributed by atoms with E-state index in [0.717, 1.165) is 25.2 Å². The number of aliphatic hydroxyl groups is 1. The normalized spacial score (nSPS) is 12.7. The Kier molecular flexibility index (Phi) is 4.59. The van der Waals surface area contributed by atoms with Crippen molar-refractivity contribution < 1.29 is 5.11 Å². The third-order valence-electron chi connectivity index (χ3n) is 2.71. The molecule has 0 saturated carbocycles. The molecule has 2 rings (SSSR count). The molecule has 1 aromatic carbocycles. The van der Waals surface area contributed by atoms with Crippen LogP contribution in [0.4, 0.5) is 0 Å². The summed E-state index contributed by atoms with van der Waals surface area (Å²) in [6.45, 7) is 4.05. The number of hydrogen-bond acceptors (Lipinski definition) is 3. The third kappa shape index (κ3) is 3.41. The van der Waals surface area contributed by atoms with Gasteiger partial charge in [-0.2, -0.15) is 0 Å². The molecule has 1 unspecified atom stereocenters. The minimum atomic E-state index is -0.524. The van der Waals surface area contributed by atoms with Crippen LogP contribution in [0.2, 0.25) is 0 Å². The van der Waals surface area contributed by atoms with Gasteiger partial charge in [0.15, 0.2) is 0 Å². The SMILES string of the molecule is Cc1nc(CC(O)c2cc(Br)cc(Br)c2)sc1C. The van der Waals surface area contributed by atoms with E-state index in [-0.39, 0.29) is 0 Å². The fourth-order valence-corrected chi connectivity index (χ4v) is 3.98. The van der Waals surface area contributed by atoms with Gasteiger partial charge < -0.3 is 5.11 Å². The van der Waals surface area contributed by atoms with Crippen LogP contribution in [0.15, 0.2) is 27.1 Å². The van der Waals surface area contributed by atoms with Crippen molar-refractivity contribution in [2.75, 3.05) is 0 Å². The Hall–Kier alpha value is -0.230. The van der Waals surface area contributed by atoms with Crippen molar-refractivity contribution in [2.45, 2.75) is 26.4 Å². The summed E-state index contributed by atoms with van der Waals surface area (Å²) >= 11 is 8.51. The number of aliphatic hydroxyl groups excluding tert-OH is 1. The lowest BCUT2D eigenvalue weighted by molar-refractivity contribution is 0.178. The van der Waals surface area contributed by atoms with Gasteiger partial charge in [-0.1, -0.05) is 31.9 Å². The van der Waals surface area contributed by atoms with Crippen molar-refractivity contribution in [3.8, 4) is 0 Å². The summed E-state index contributed by atoms with van der Waals surface area (Å²) in [6.07, 6.45) is 0.0335. The number of thiazole rings is 1. The first-order valence-electron chi connectivity index (χ1n) is 5.52. The smallest absolute Gasteiger partial charge is 0.0960 e. The second-order valence-electron chi connectivity index (χ2n) is 4.17. The molecule has 1 atom stereocenters. The Bertz CT molecular complexity index is 528. The van der Waals surface area contributed by atoms with E-state index >= 15 is 0 Å². The largest absolute Gasteiger partial charge is 0.388 e. The highest BCUT2D eigenvalue weighted by Gasteiger charge is 2.13. The standard InChI is InChI=1S/C13H13Br2NOS/c1-7-8(2)18-13(16-7)6-12(17)9-3-10(14)5-11(15)4-9/h3-5,12,17H,6H2,1-2H3. The molecule has 0 radical (unpaired) electrons. The maximum Gasteiger partial charge on any atom is 0.0960 e. The second kappa shape index (κ2) is 5.82. The molecule has 0 aliphatic heterocycles. The molecule has 18 heavy (non-hydrogen) atoms. The van der Waals surface area contributed by atoms with E-state index in [1.807, 2.05) is 25.1 Å². The van der Waals surface area contributed by atoms with Crippen LogP contribution in [0.3, 0.4) is 0 Å². The van der Waals surface area contributed by atoms with Crippen LogP contribution in [0.5, 0.6) is 0 Å². The van der Waals surface area contributed by atoms with E-state index in [2.05, 4.69) is 43.8 Å². The van der Waals surface area contributed by atoms with E-state index in [4.69, 9.17) is 0 Å². The number of halogens is 2. The molecule has 2 nitrogen and oxygen atoms in total. The van der Waals surface area contributed by atoms with Crippen molar-refractivity contribution in [3.05, 3.63) is 48.3 Å². The van der Waals surface area contributed by atoms with Gasteiger partial charge in [0.1, 0.15) is 0 Å². The number of nitrogens with zero attached hydrogens (tertiary/aromatic N) is 1. The zero-order chi connectivity index (χ0) is 13.3. The zero-order valence-electron chi connectivity index (χ0n) is 10.1. The van der Waals surface area contributed by atoms with Crippen LogP contribution in [0.25, 0.3) is 0 Å². The molecule has 96 valence electrons. The van der Waals surface area contributed by atoms with Crippen molar-refractivity contribution >= 4 is 43.2 Å². The Morgan fingerprint density at radius 1 is 1.22 bits per heavy atom. The molecule has 1 heterocycles. The topological polar surface area (TPSA) is 33.1 Å². The van der Waals surface area contributed by atoms with Gasteiger partial charge in [-0.05, 0) is 37.6 Å². The third-order valence-corrected chi connectivity index (χ3v) is 4.72. The molecule has 1 aromatic heterocycles. The van der Waals surface area contributed by atoms with Crippen LogP contribution in [0.1, 0.15) is 27.2 Å². The molecule has 0 spiro atoms. The molecule has 0 fully saturated rings. The number of rotatable bonds is 3. The monoisotopic (exact) mass is 389 g/mol. The predicted octanol–water partition coefficient (Wildman–Crippen LogP) is 4.56. The molecule has 2 aromatic rings. The van der Waals surface area contributed by atoms with E-state index in [0.29, 0.717) is 6.42 Å². The van der Waals surface area contributed by atoms with Gasteiger partial charge in [0.05, 0.1) is 16.8 Å². The highest BCUT2D eigenvalue weighted by atomic mass is 79.9.